The van der Waals surface area contributed by atoms with E-state index in [9.17, 15) is 4.79 Å². The summed E-state index contributed by atoms with van der Waals surface area (Å²) >= 11 is 0. The molecule has 0 fully saturated rings. The van der Waals surface area contributed by atoms with E-state index in [1.807, 2.05) is 0 Å². The molecule has 0 saturated carbocycles. The number of H-pyrrole nitrogens is 1. The number of rotatable bonds is 1. The van der Waals surface area contributed by atoms with Gasteiger partial charge in [0.15, 0.2) is 0 Å². The summed E-state index contributed by atoms with van der Waals surface area (Å²) in [7, 11) is 0. The molecule has 12 heavy (non-hydrogen) atoms. The first-order valence-electron chi connectivity index (χ1n) is 3.49. The summed E-state index contributed by atoms with van der Waals surface area (Å²) in [5.41, 5.74) is 4.49. The van der Waals surface area contributed by atoms with Crippen LogP contribution in [0.15, 0.2) is 10.9 Å². The van der Waals surface area contributed by atoms with Crippen molar-refractivity contribution in [2.45, 2.75) is 19.4 Å². The number of nitrogens with zero attached hydrogens (tertiary/aromatic N) is 1. The van der Waals surface area contributed by atoms with Gasteiger partial charge in [0.1, 0.15) is 5.82 Å². The van der Waals surface area contributed by atoms with Crippen LogP contribution in [0.5, 0.6) is 5.88 Å². The van der Waals surface area contributed by atoms with E-state index in [0.29, 0.717) is 0 Å². The van der Waals surface area contributed by atoms with Crippen LogP contribution in [0.1, 0.15) is 19.7 Å². The zero-order valence-corrected chi connectivity index (χ0v) is 6.96. The van der Waals surface area contributed by atoms with Crippen LogP contribution in [0.2, 0.25) is 0 Å². The van der Waals surface area contributed by atoms with Crippen molar-refractivity contribution < 1.29 is 5.11 Å². The Morgan fingerprint density at radius 3 is 2.67 bits per heavy atom. The van der Waals surface area contributed by atoms with Gasteiger partial charge in [-0.05, 0) is 13.8 Å². The van der Waals surface area contributed by atoms with E-state index in [-0.39, 0.29) is 11.7 Å². The molecule has 4 N–H and O–H groups in total. The summed E-state index contributed by atoms with van der Waals surface area (Å²) in [6.45, 7) is 3.37. The Morgan fingerprint density at radius 1 is 1.67 bits per heavy atom. The first kappa shape index (κ1) is 8.73. The molecule has 0 amide bonds. The normalized spacial score (nSPS) is 11.6. The maximum atomic E-state index is 10.8. The fraction of sp³-hybridized carbons (Fsp3) is 0.429. The Balaban J connectivity index is 3.27. The molecule has 0 radical (unpaired) electrons. The van der Waals surface area contributed by atoms with Gasteiger partial charge in [-0.1, -0.05) is 0 Å². The fourth-order valence-corrected chi connectivity index (χ4v) is 0.750. The van der Waals surface area contributed by atoms with Gasteiger partial charge in [0.25, 0.3) is 5.56 Å². The highest BCUT2D eigenvalue weighted by atomic mass is 16.3. The van der Waals surface area contributed by atoms with E-state index < -0.39 is 11.1 Å². The Kier molecular flexibility index (Phi) is 1.89. The zero-order chi connectivity index (χ0) is 9.35. The predicted molar refractivity (Wildman–Crippen MR) is 43.7 cm³/mol. The van der Waals surface area contributed by atoms with E-state index in [1.165, 1.54) is 0 Å². The topological polar surface area (TPSA) is 92.0 Å². The van der Waals surface area contributed by atoms with Crippen LogP contribution in [-0.2, 0) is 5.54 Å². The fourth-order valence-electron chi connectivity index (χ4n) is 0.750. The summed E-state index contributed by atoms with van der Waals surface area (Å²) in [5.74, 6) is -0.0419. The van der Waals surface area contributed by atoms with Gasteiger partial charge in [-0.15, -0.1) is 0 Å². The monoisotopic (exact) mass is 169 g/mol. The summed E-state index contributed by atoms with van der Waals surface area (Å²) in [6, 6.07) is 0.995. The molecule has 1 aromatic heterocycles. The third-order valence-corrected chi connectivity index (χ3v) is 1.34. The number of aromatic hydroxyl groups is 1. The molecule has 5 nitrogen and oxygen atoms in total. The van der Waals surface area contributed by atoms with Crippen LogP contribution in [0.25, 0.3) is 0 Å². The maximum absolute atomic E-state index is 10.8. The largest absolute Gasteiger partial charge is 0.493 e. The molecular weight excluding hydrogens is 158 g/mol. The minimum Gasteiger partial charge on any atom is -0.493 e. The lowest BCUT2D eigenvalue weighted by Crippen LogP contribution is -2.33. The molecule has 66 valence electrons. The Labute approximate surface area is 69.3 Å². The lowest BCUT2D eigenvalue weighted by Gasteiger charge is -2.16. The number of hydrogen-bond donors (Lipinski definition) is 3. The Morgan fingerprint density at radius 2 is 2.25 bits per heavy atom. The van der Waals surface area contributed by atoms with Gasteiger partial charge < -0.3 is 15.8 Å². The number of aromatic nitrogens is 2. The highest BCUT2D eigenvalue weighted by molar-refractivity contribution is 5.10. The second-order valence-electron chi connectivity index (χ2n) is 3.17. The van der Waals surface area contributed by atoms with Crippen LogP contribution < -0.4 is 11.3 Å². The zero-order valence-electron chi connectivity index (χ0n) is 6.96. The molecule has 1 rings (SSSR count). The summed E-state index contributed by atoms with van der Waals surface area (Å²) in [6.07, 6.45) is 0. The van der Waals surface area contributed by atoms with E-state index in [0.717, 1.165) is 6.07 Å². The predicted octanol–water partition coefficient (Wildman–Crippen LogP) is -0.331. The summed E-state index contributed by atoms with van der Waals surface area (Å²) < 4.78 is 0. The van der Waals surface area contributed by atoms with Gasteiger partial charge >= 0.3 is 0 Å². The number of hydrogen-bond acceptors (Lipinski definition) is 4. The molecule has 5 heteroatoms. The highest BCUT2D eigenvalue weighted by Crippen LogP contribution is 2.11. The quantitative estimate of drug-likeness (QED) is 0.536. The molecule has 0 aliphatic carbocycles. The van der Waals surface area contributed by atoms with Crippen LogP contribution >= 0.6 is 0 Å². The van der Waals surface area contributed by atoms with Crippen molar-refractivity contribution in [1.29, 1.82) is 0 Å². The first-order valence-corrected chi connectivity index (χ1v) is 3.49. The lowest BCUT2D eigenvalue weighted by molar-refractivity contribution is 0.430. The van der Waals surface area contributed by atoms with Crippen LogP contribution in [0.3, 0.4) is 0 Å². The van der Waals surface area contributed by atoms with Gasteiger partial charge in [-0.3, -0.25) is 4.79 Å². The molecule has 0 aromatic carbocycles. The van der Waals surface area contributed by atoms with Crippen molar-refractivity contribution in [2.75, 3.05) is 0 Å². The molecule has 0 spiro atoms. The standard InChI is InChI=1S/C7H11N3O2/c1-7(2,8)6-9-4(11)3-5(12)10-6/h3H,8H2,1-2H3,(H2,9,10,11,12). The Hall–Kier alpha value is -1.36. The van der Waals surface area contributed by atoms with Crippen molar-refractivity contribution in [3.05, 3.63) is 22.2 Å². The maximum Gasteiger partial charge on any atom is 0.254 e. The molecule has 0 aliphatic rings. The van der Waals surface area contributed by atoms with E-state index >= 15 is 0 Å². The second-order valence-corrected chi connectivity index (χ2v) is 3.17. The Bertz CT molecular complexity index is 337. The minimum absolute atomic E-state index is 0.271. The number of nitrogens with one attached hydrogen (secondary N) is 1. The van der Waals surface area contributed by atoms with Crippen LogP contribution in [0.4, 0.5) is 0 Å². The van der Waals surface area contributed by atoms with Crippen molar-refractivity contribution in [2.24, 2.45) is 5.73 Å². The van der Waals surface area contributed by atoms with Crippen molar-refractivity contribution >= 4 is 0 Å². The third kappa shape index (κ3) is 1.82. The lowest BCUT2D eigenvalue weighted by atomic mass is 10.1. The molecule has 0 unspecified atom stereocenters. The van der Waals surface area contributed by atoms with Gasteiger partial charge in [-0.25, -0.2) is 0 Å². The van der Waals surface area contributed by atoms with Gasteiger partial charge in [0, 0.05) is 0 Å². The van der Waals surface area contributed by atoms with Crippen molar-refractivity contribution in [1.82, 2.24) is 9.97 Å². The third-order valence-electron chi connectivity index (χ3n) is 1.34. The second kappa shape index (κ2) is 2.60. The molecule has 0 bridgehead atoms. The molecule has 1 aromatic rings. The summed E-state index contributed by atoms with van der Waals surface area (Å²) in [4.78, 5) is 17.0. The number of nitrogens with two attached hydrogens (primary N) is 1. The van der Waals surface area contributed by atoms with Crippen molar-refractivity contribution in [3.63, 3.8) is 0 Å². The van der Waals surface area contributed by atoms with E-state index in [1.54, 1.807) is 13.8 Å². The smallest absolute Gasteiger partial charge is 0.254 e. The van der Waals surface area contributed by atoms with Crippen LogP contribution in [0, 0.1) is 0 Å². The molecular formula is C7H11N3O2. The average molecular weight is 169 g/mol. The first-order chi connectivity index (χ1) is 5.39. The van der Waals surface area contributed by atoms with E-state index in [4.69, 9.17) is 10.8 Å². The highest BCUT2D eigenvalue weighted by Gasteiger charge is 2.17. The SMILES string of the molecule is CC(C)(N)c1nc(O)cc(=O)[nH]1. The average Bonchev–Trinajstić information content (AvgIpc) is 1.82. The van der Waals surface area contributed by atoms with Crippen LogP contribution in [-0.4, -0.2) is 15.1 Å². The van der Waals surface area contributed by atoms with Gasteiger partial charge in [0.2, 0.25) is 5.88 Å². The van der Waals surface area contributed by atoms with Gasteiger partial charge in [0.05, 0.1) is 11.6 Å². The van der Waals surface area contributed by atoms with E-state index in [2.05, 4.69) is 9.97 Å². The number of aromatic amines is 1. The van der Waals surface area contributed by atoms with Crippen molar-refractivity contribution in [3.8, 4) is 5.88 Å². The van der Waals surface area contributed by atoms with Gasteiger partial charge in [-0.2, -0.15) is 4.98 Å². The molecule has 0 saturated heterocycles. The minimum atomic E-state index is -0.752. The summed E-state index contributed by atoms with van der Waals surface area (Å²) in [5, 5.41) is 8.97. The molecule has 1 heterocycles. The molecule has 0 aliphatic heterocycles. The molecule has 0 atom stereocenters.